The van der Waals surface area contributed by atoms with Crippen molar-refractivity contribution in [1.82, 2.24) is 39.6 Å². The van der Waals surface area contributed by atoms with Gasteiger partial charge in [-0.2, -0.15) is 5.10 Å². The highest BCUT2D eigenvalue weighted by Gasteiger charge is 2.26. The fraction of sp³-hybridized carbons (Fsp3) is 0.360. The monoisotopic (exact) mass is 520 g/mol. The minimum Gasteiger partial charge on any atom is -0.408 e. The van der Waals surface area contributed by atoms with E-state index in [1.807, 2.05) is 7.05 Å². The summed E-state index contributed by atoms with van der Waals surface area (Å²) >= 11 is 0. The van der Waals surface area contributed by atoms with Gasteiger partial charge in [-0.15, -0.1) is 0 Å². The molecule has 1 aliphatic rings. The van der Waals surface area contributed by atoms with Crippen molar-refractivity contribution in [1.29, 1.82) is 0 Å². The van der Waals surface area contributed by atoms with E-state index in [1.165, 1.54) is 21.3 Å². The maximum Gasteiger partial charge on any atom is 0.419 e. The molecule has 2 N–H and O–H groups in total. The SMILES string of the molecule is C[C@H](NC(=O)c1cc(C(=O)NCc2ccc3oc(=O)n(C)c3c2)nc2ccnn12)C(=O)N1CCN(C)CC1. The molecule has 1 atom stereocenters. The van der Waals surface area contributed by atoms with Crippen LogP contribution < -0.4 is 16.4 Å². The number of aromatic nitrogens is 4. The molecular weight excluding hydrogens is 492 g/mol. The van der Waals surface area contributed by atoms with Crippen molar-refractivity contribution in [3.63, 3.8) is 0 Å². The topological polar surface area (TPSA) is 147 Å². The molecule has 1 saturated heterocycles. The lowest BCUT2D eigenvalue weighted by Gasteiger charge is -2.34. The molecule has 0 radical (unpaired) electrons. The first-order chi connectivity index (χ1) is 18.2. The van der Waals surface area contributed by atoms with Gasteiger partial charge in [-0.25, -0.2) is 14.3 Å². The number of benzene rings is 1. The lowest BCUT2D eigenvalue weighted by molar-refractivity contribution is -0.134. The number of nitrogens with zero attached hydrogens (tertiary/aromatic N) is 6. The van der Waals surface area contributed by atoms with E-state index < -0.39 is 23.6 Å². The van der Waals surface area contributed by atoms with Crippen LogP contribution >= 0.6 is 0 Å². The summed E-state index contributed by atoms with van der Waals surface area (Å²) in [7, 11) is 3.61. The van der Waals surface area contributed by atoms with Crippen LogP contribution in [0, 0.1) is 0 Å². The molecule has 0 unspecified atom stereocenters. The third-order valence-corrected chi connectivity index (χ3v) is 6.67. The number of aryl methyl sites for hydroxylation is 1. The molecule has 198 valence electrons. The Morgan fingerprint density at radius 2 is 1.82 bits per heavy atom. The third-order valence-electron chi connectivity index (χ3n) is 6.67. The Labute approximate surface area is 217 Å². The molecule has 0 bridgehead atoms. The van der Waals surface area contributed by atoms with Gasteiger partial charge >= 0.3 is 5.76 Å². The number of rotatable bonds is 6. The molecule has 4 heterocycles. The smallest absolute Gasteiger partial charge is 0.408 e. The summed E-state index contributed by atoms with van der Waals surface area (Å²) in [4.78, 5) is 58.9. The Bertz CT molecular complexity index is 1590. The predicted molar refractivity (Wildman–Crippen MR) is 137 cm³/mol. The summed E-state index contributed by atoms with van der Waals surface area (Å²) in [5, 5.41) is 9.67. The Morgan fingerprint density at radius 3 is 2.58 bits per heavy atom. The summed E-state index contributed by atoms with van der Waals surface area (Å²) < 4.78 is 7.85. The summed E-state index contributed by atoms with van der Waals surface area (Å²) in [6, 6.07) is 7.35. The number of amides is 3. The lowest BCUT2D eigenvalue weighted by atomic mass is 10.2. The van der Waals surface area contributed by atoms with E-state index in [0.29, 0.717) is 29.8 Å². The molecular formula is C25H28N8O5. The van der Waals surface area contributed by atoms with E-state index in [-0.39, 0.29) is 23.8 Å². The Kier molecular flexibility index (Phi) is 6.68. The van der Waals surface area contributed by atoms with Gasteiger partial charge in [-0.1, -0.05) is 6.07 Å². The van der Waals surface area contributed by atoms with E-state index in [4.69, 9.17) is 4.42 Å². The minimum absolute atomic E-state index is 0.0259. The second kappa shape index (κ2) is 10.1. The van der Waals surface area contributed by atoms with Gasteiger partial charge in [0.2, 0.25) is 5.91 Å². The number of fused-ring (bicyclic) bond motifs is 2. The molecule has 4 aromatic rings. The Hall–Kier alpha value is -4.52. The number of likely N-dealkylation sites (N-methyl/N-ethyl adjacent to an activating group) is 1. The van der Waals surface area contributed by atoms with Gasteiger partial charge in [0.15, 0.2) is 11.2 Å². The molecule has 13 heteroatoms. The maximum absolute atomic E-state index is 13.2. The molecule has 1 aliphatic heterocycles. The fourth-order valence-corrected chi connectivity index (χ4v) is 4.38. The van der Waals surface area contributed by atoms with E-state index >= 15 is 0 Å². The zero-order valence-electron chi connectivity index (χ0n) is 21.3. The second-order valence-corrected chi connectivity index (χ2v) is 9.36. The molecule has 13 nitrogen and oxygen atoms in total. The maximum atomic E-state index is 13.2. The summed E-state index contributed by atoms with van der Waals surface area (Å²) in [5.41, 5.74) is 2.24. The van der Waals surface area contributed by atoms with Crippen molar-refractivity contribution in [2.24, 2.45) is 7.05 Å². The van der Waals surface area contributed by atoms with Gasteiger partial charge in [0.25, 0.3) is 11.8 Å². The van der Waals surface area contributed by atoms with Crippen molar-refractivity contribution < 1.29 is 18.8 Å². The van der Waals surface area contributed by atoms with Crippen LogP contribution in [0.25, 0.3) is 16.7 Å². The van der Waals surface area contributed by atoms with Gasteiger partial charge in [0, 0.05) is 51.9 Å². The van der Waals surface area contributed by atoms with Crippen molar-refractivity contribution >= 4 is 34.5 Å². The summed E-state index contributed by atoms with van der Waals surface area (Å²) in [5.74, 6) is -1.67. The molecule has 1 aromatic carbocycles. The number of piperazine rings is 1. The quantitative estimate of drug-likeness (QED) is 0.361. The van der Waals surface area contributed by atoms with Crippen LogP contribution in [-0.2, 0) is 18.4 Å². The molecule has 3 amide bonds. The van der Waals surface area contributed by atoms with E-state index in [1.54, 1.807) is 43.1 Å². The average molecular weight is 521 g/mol. The van der Waals surface area contributed by atoms with Crippen LogP contribution in [0.15, 0.2) is 45.7 Å². The predicted octanol–water partition coefficient (Wildman–Crippen LogP) is -0.00350. The van der Waals surface area contributed by atoms with E-state index in [2.05, 4.69) is 25.6 Å². The number of carbonyl (C=O) groups excluding carboxylic acids is 3. The van der Waals surface area contributed by atoms with Gasteiger partial charge in [0.05, 0.1) is 11.7 Å². The first-order valence-corrected chi connectivity index (χ1v) is 12.2. The fourth-order valence-electron chi connectivity index (χ4n) is 4.38. The molecule has 3 aromatic heterocycles. The van der Waals surface area contributed by atoms with E-state index in [0.717, 1.165) is 18.7 Å². The Morgan fingerprint density at radius 1 is 1.05 bits per heavy atom. The van der Waals surface area contributed by atoms with Crippen molar-refractivity contribution in [2.45, 2.75) is 19.5 Å². The second-order valence-electron chi connectivity index (χ2n) is 9.36. The average Bonchev–Trinajstić information content (AvgIpc) is 3.50. The highest BCUT2D eigenvalue weighted by atomic mass is 16.4. The largest absolute Gasteiger partial charge is 0.419 e. The highest BCUT2D eigenvalue weighted by Crippen LogP contribution is 2.15. The van der Waals surface area contributed by atoms with Crippen molar-refractivity contribution in [3.05, 3.63) is 64.0 Å². The van der Waals surface area contributed by atoms with Crippen LogP contribution in [0.1, 0.15) is 33.5 Å². The molecule has 38 heavy (non-hydrogen) atoms. The first kappa shape index (κ1) is 25.1. The highest BCUT2D eigenvalue weighted by molar-refractivity contribution is 6.00. The normalized spacial score (nSPS) is 15.1. The molecule has 1 fully saturated rings. The van der Waals surface area contributed by atoms with Crippen LogP contribution in [0.2, 0.25) is 0 Å². The van der Waals surface area contributed by atoms with Crippen LogP contribution in [0.5, 0.6) is 0 Å². The molecule has 0 aliphatic carbocycles. The zero-order chi connectivity index (χ0) is 27.0. The standard InChI is InChI=1S/C25H28N8O5/c1-15(24(36)32-10-8-30(2)9-11-32)28-23(35)19-13-17(29-21-6-7-27-33(19)21)22(34)26-14-16-4-5-20-18(12-16)31(3)25(37)38-20/h4-7,12-13,15H,8-11,14H2,1-3H3,(H,26,34)(H,28,35)/t15-/m0/s1. The zero-order valence-corrected chi connectivity index (χ0v) is 21.3. The Balaban J connectivity index is 1.31. The molecule has 0 spiro atoms. The minimum atomic E-state index is -0.754. The van der Waals surface area contributed by atoms with Gasteiger partial charge in [-0.3, -0.25) is 19.0 Å². The van der Waals surface area contributed by atoms with Gasteiger partial charge < -0.3 is 24.9 Å². The van der Waals surface area contributed by atoms with Crippen LogP contribution in [0.4, 0.5) is 0 Å². The number of oxazole rings is 1. The van der Waals surface area contributed by atoms with Crippen molar-refractivity contribution in [3.8, 4) is 0 Å². The van der Waals surface area contributed by atoms with Gasteiger partial charge in [0.1, 0.15) is 17.4 Å². The summed E-state index contributed by atoms with van der Waals surface area (Å²) in [6.07, 6.45) is 1.48. The van der Waals surface area contributed by atoms with Crippen LogP contribution in [-0.4, -0.2) is 86.0 Å². The van der Waals surface area contributed by atoms with Crippen molar-refractivity contribution in [2.75, 3.05) is 33.2 Å². The van der Waals surface area contributed by atoms with Crippen LogP contribution in [0.3, 0.4) is 0 Å². The van der Waals surface area contributed by atoms with E-state index in [9.17, 15) is 19.2 Å². The van der Waals surface area contributed by atoms with Gasteiger partial charge in [-0.05, 0) is 31.7 Å². The first-order valence-electron chi connectivity index (χ1n) is 12.2. The number of hydrogen-bond donors (Lipinski definition) is 2. The molecule has 0 saturated carbocycles. The number of nitrogens with one attached hydrogen (secondary N) is 2. The molecule has 5 rings (SSSR count). The lowest BCUT2D eigenvalue weighted by Crippen LogP contribution is -2.53. The third kappa shape index (κ3) is 4.87. The number of carbonyl (C=O) groups is 3. The number of hydrogen-bond acceptors (Lipinski definition) is 8. The summed E-state index contributed by atoms with van der Waals surface area (Å²) in [6.45, 7) is 4.55.